The number of ether oxygens (including phenoxy) is 1. The van der Waals surface area contributed by atoms with E-state index in [9.17, 15) is 9.18 Å². The van der Waals surface area contributed by atoms with E-state index in [1.165, 1.54) is 12.1 Å². The van der Waals surface area contributed by atoms with Gasteiger partial charge in [-0.25, -0.2) is 9.07 Å². The van der Waals surface area contributed by atoms with Crippen molar-refractivity contribution in [2.24, 2.45) is 5.92 Å². The maximum atomic E-state index is 13.3. The minimum absolute atomic E-state index is 0.120. The first-order valence-corrected chi connectivity index (χ1v) is 10.8. The van der Waals surface area contributed by atoms with E-state index in [0.29, 0.717) is 18.9 Å². The van der Waals surface area contributed by atoms with Crippen LogP contribution in [0.5, 0.6) is 5.75 Å². The zero-order valence-corrected chi connectivity index (χ0v) is 18.1. The zero-order chi connectivity index (χ0) is 21.8. The average Bonchev–Trinajstić information content (AvgIpc) is 3.07. The highest BCUT2D eigenvalue weighted by Crippen LogP contribution is 2.22. The predicted molar refractivity (Wildman–Crippen MR) is 118 cm³/mol. The fourth-order valence-electron chi connectivity index (χ4n) is 4.19. The number of benzene rings is 2. The Kier molecular flexibility index (Phi) is 6.35. The molecule has 0 aliphatic carbocycles. The second-order valence-electron chi connectivity index (χ2n) is 8.19. The number of aromatic nitrogens is 2. The van der Waals surface area contributed by atoms with Gasteiger partial charge in [-0.2, -0.15) is 5.10 Å². The summed E-state index contributed by atoms with van der Waals surface area (Å²) < 4.78 is 21.0. The van der Waals surface area contributed by atoms with E-state index < -0.39 is 0 Å². The van der Waals surface area contributed by atoms with Gasteiger partial charge in [-0.15, -0.1) is 0 Å². The predicted octanol–water partition coefficient (Wildman–Crippen LogP) is 4.49. The molecular formula is C25H28FN3O2. The molecule has 4 rings (SSSR count). The van der Waals surface area contributed by atoms with Gasteiger partial charge in [0.2, 0.25) is 5.91 Å². The Hall–Kier alpha value is -3.15. The van der Waals surface area contributed by atoms with E-state index in [1.807, 2.05) is 49.1 Å². The topological polar surface area (TPSA) is 47.4 Å². The summed E-state index contributed by atoms with van der Waals surface area (Å²) in [5.41, 5.74) is 3.48. The van der Waals surface area contributed by atoms with Crippen molar-refractivity contribution >= 4 is 5.91 Å². The van der Waals surface area contributed by atoms with Gasteiger partial charge in [0.15, 0.2) is 0 Å². The highest BCUT2D eigenvalue weighted by Gasteiger charge is 2.26. The third-order valence-corrected chi connectivity index (χ3v) is 5.94. The monoisotopic (exact) mass is 421 g/mol. The van der Waals surface area contributed by atoms with Gasteiger partial charge in [-0.05, 0) is 63.1 Å². The van der Waals surface area contributed by atoms with Crippen LogP contribution in [0.3, 0.4) is 0 Å². The van der Waals surface area contributed by atoms with Crippen molar-refractivity contribution in [3.05, 3.63) is 77.4 Å². The smallest absolute Gasteiger partial charge is 0.227 e. The largest absolute Gasteiger partial charge is 0.493 e. The van der Waals surface area contributed by atoms with Crippen molar-refractivity contribution in [2.45, 2.75) is 33.1 Å². The quantitative estimate of drug-likeness (QED) is 0.589. The molecule has 1 atom stereocenters. The van der Waals surface area contributed by atoms with Gasteiger partial charge < -0.3 is 9.64 Å². The highest BCUT2D eigenvalue weighted by molar-refractivity contribution is 5.79. The Bertz CT molecular complexity index is 1030. The first-order chi connectivity index (χ1) is 15.0. The van der Waals surface area contributed by atoms with Crippen LogP contribution in [0.2, 0.25) is 0 Å². The fraction of sp³-hybridized carbons (Fsp3) is 0.360. The van der Waals surface area contributed by atoms with Gasteiger partial charge >= 0.3 is 0 Å². The molecular weight excluding hydrogens is 393 g/mol. The molecule has 3 aromatic rings. The maximum Gasteiger partial charge on any atom is 0.227 e. The van der Waals surface area contributed by atoms with Gasteiger partial charge in [0.05, 0.1) is 24.4 Å². The third kappa shape index (κ3) is 4.95. The normalized spacial score (nSPS) is 16.4. The van der Waals surface area contributed by atoms with Gasteiger partial charge in [0, 0.05) is 30.3 Å². The Morgan fingerprint density at radius 3 is 2.61 bits per heavy atom. The number of likely N-dealkylation sites (tertiary alicyclic amines) is 1. The van der Waals surface area contributed by atoms with Crippen LogP contribution < -0.4 is 4.74 Å². The molecule has 2 heterocycles. The summed E-state index contributed by atoms with van der Waals surface area (Å²) in [6.07, 6.45) is 2.38. The Morgan fingerprint density at radius 1 is 1.13 bits per heavy atom. The van der Waals surface area contributed by atoms with Crippen molar-refractivity contribution in [2.75, 3.05) is 19.7 Å². The molecule has 2 aromatic carbocycles. The van der Waals surface area contributed by atoms with Gasteiger partial charge in [-0.1, -0.05) is 18.2 Å². The number of para-hydroxylation sites is 1. The lowest BCUT2D eigenvalue weighted by molar-refractivity contribution is -0.132. The lowest BCUT2D eigenvalue weighted by Gasteiger charge is -2.32. The summed E-state index contributed by atoms with van der Waals surface area (Å²) in [7, 11) is 0. The number of amides is 1. The third-order valence-electron chi connectivity index (χ3n) is 5.94. The zero-order valence-electron chi connectivity index (χ0n) is 18.1. The first kappa shape index (κ1) is 21.1. The number of carbonyl (C=O) groups excluding carboxylic acids is 1. The molecule has 0 bridgehead atoms. The second kappa shape index (κ2) is 9.33. The highest BCUT2D eigenvalue weighted by atomic mass is 19.1. The molecule has 0 spiro atoms. The average molecular weight is 422 g/mol. The molecule has 31 heavy (non-hydrogen) atoms. The number of nitrogens with zero attached hydrogens (tertiary/aromatic N) is 3. The molecule has 0 N–H and O–H groups in total. The van der Waals surface area contributed by atoms with E-state index in [1.54, 1.807) is 16.8 Å². The summed E-state index contributed by atoms with van der Waals surface area (Å²) in [6, 6.07) is 16.0. The number of piperidine rings is 1. The van der Waals surface area contributed by atoms with E-state index in [-0.39, 0.29) is 11.7 Å². The van der Waals surface area contributed by atoms with Crippen LogP contribution in [0.25, 0.3) is 5.69 Å². The van der Waals surface area contributed by atoms with Gasteiger partial charge in [0.1, 0.15) is 11.6 Å². The lowest BCUT2D eigenvalue weighted by Crippen LogP contribution is -2.42. The number of halogens is 1. The molecule has 1 aliphatic heterocycles. The van der Waals surface area contributed by atoms with Crippen LogP contribution in [0, 0.1) is 25.6 Å². The second-order valence-corrected chi connectivity index (χ2v) is 8.19. The summed E-state index contributed by atoms with van der Waals surface area (Å²) in [5, 5.41) is 4.59. The van der Waals surface area contributed by atoms with Crippen LogP contribution >= 0.6 is 0 Å². The minimum Gasteiger partial charge on any atom is -0.493 e. The van der Waals surface area contributed by atoms with Crippen molar-refractivity contribution in [3.63, 3.8) is 0 Å². The van der Waals surface area contributed by atoms with Gasteiger partial charge in [-0.3, -0.25) is 4.79 Å². The molecule has 1 unspecified atom stereocenters. The molecule has 1 saturated heterocycles. The molecule has 0 saturated carbocycles. The molecule has 1 aromatic heterocycles. The van der Waals surface area contributed by atoms with E-state index in [4.69, 9.17) is 4.74 Å². The number of hydrogen-bond acceptors (Lipinski definition) is 3. The standard InChI is InChI=1S/C25H28FN3O2/c1-18-24(19(2)29(27-18)22-12-10-21(26)11-13-22)15-25(30)28-14-6-7-20(16-28)17-31-23-8-4-3-5-9-23/h3-5,8-13,20H,6-7,14-17H2,1-2H3. The summed E-state index contributed by atoms with van der Waals surface area (Å²) >= 11 is 0. The van der Waals surface area contributed by atoms with E-state index in [2.05, 4.69) is 5.10 Å². The Balaban J connectivity index is 1.40. The summed E-state index contributed by atoms with van der Waals surface area (Å²) in [5.74, 6) is 1.04. The Labute approximate surface area is 182 Å². The molecule has 0 radical (unpaired) electrons. The number of carbonyl (C=O) groups is 1. The van der Waals surface area contributed by atoms with Crippen molar-refractivity contribution in [3.8, 4) is 11.4 Å². The van der Waals surface area contributed by atoms with Crippen molar-refractivity contribution < 1.29 is 13.9 Å². The molecule has 1 fully saturated rings. The minimum atomic E-state index is -0.281. The number of rotatable bonds is 6. The van der Waals surface area contributed by atoms with E-state index in [0.717, 1.165) is 54.3 Å². The first-order valence-electron chi connectivity index (χ1n) is 10.8. The molecule has 162 valence electrons. The lowest BCUT2D eigenvalue weighted by atomic mass is 9.98. The van der Waals surface area contributed by atoms with Gasteiger partial charge in [0.25, 0.3) is 0 Å². The number of hydrogen-bond donors (Lipinski definition) is 0. The summed E-state index contributed by atoms with van der Waals surface area (Å²) in [6.45, 7) is 6.00. The SMILES string of the molecule is Cc1nn(-c2ccc(F)cc2)c(C)c1CC(=O)N1CCCC(COc2ccccc2)C1. The summed E-state index contributed by atoms with van der Waals surface area (Å²) in [4.78, 5) is 15.0. The van der Waals surface area contributed by atoms with Crippen molar-refractivity contribution in [1.29, 1.82) is 0 Å². The van der Waals surface area contributed by atoms with Crippen molar-refractivity contribution in [1.82, 2.24) is 14.7 Å². The van der Waals surface area contributed by atoms with Crippen LogP contribution in [0.1, 0.15) is 29.8 Å². The Morgan fingerprint density at radius 2 is 1.87 bits per heavy atom. The molecule has 1 aliphatic rings. The number of aryl methyl sites for hydroxylation is 1. The van der Waals surface area contributed by atoms with Crippen LogP contribution in [0.4, 0.5) is 4.39 Å². The molecule has 1 amide bonds. The fourth-order valence-corrected chi connectivity index (χ4v) is 4.19. The molecule has 5 nitrogen and oxygen atoms in total. The maximum absolute atomic E-state index is 13.3. The van der Waals surface area contributed by atoms with Crippen LogP contribution in [-0.2, 0) is 11.2 Å². The molecule has 6 heteroatoms. The van der Waals surface area contributed by atoms with Crippen LogP contribution in [0.15, 0.2) is 54.6 Å². The van der Waals surface area contributed by atoms with E-state index >= 15 is 0 Å². The van der Waals surface area contributed by atoms with Crippen LogP contribution in [-0.4, -0.2) is 40.3 Å².